The van der Waals surface area contributed by atoms with Gasteiger partial charge in [-0.05, 0) is 43.9 Å². The van der Waals surface area contributed by atoms with Crippen molar-refractivity contribution in [2.45, 2.75) is 38.6 Å². The highest BCUT2D eigenvalue weighted by atomic mass is 32.1. The molecule has 2 aromatic carbocycles. The molecule has 2 aromatic heterocycles. The number of piperidine rings is 1. The van der Waals surface area contributed by atoms with Crippen molar-refractivity contribution in [1.82, 2.24) is 14.9 Å². The van der Waals surface area contributed by atoms with E-state index in [2.05, 4.69) is 9.97 Å². The van der Waals surface area contributed by atoms with Gasteiger partial charge in [0.25, 0.3) is 5.91 Å². The van der Waals surface area contributed by atoms with Crippen molar-refractivity contribution in [3.8, 4) is 21.8 Å². The predicted octanol–water partition coefficient (Wildman–Crippen LogP) is 6.15. The Bertz CT molecular complexity index is 1250. The number of amides is 1. The maximum atomic E-state index is 13.6. The van der Waals surface area contributed by atoms with Gasteiger partial charge in [0, 0.05) is 24.6 Å². The largest absolute Gasteiger partial charge is 0.441 e. The summed E-state index contributed by atoms with van der Waals surface area (Å²) < 4.78 is 19.4. The van der Waals surface area contributed by atoms with Crippen molar-refractivity contribution in [2.75, 3.05) is 6.54 Å². The van der Waals surface area contributed by atoms with Gasteiger partial charge >= 0.3 is 0 Å². The highest BCUT2D eigenvalue weighted by molar-refractivity contribution is 7.15. The van der Waals surface area contributed by atoms with Crippen LogP contribution in [0.4, 0.5) is 4.39 Å². The summed E-state index contributed by atoms with van der Waals surface area (Å²) >= 11 is 1.46. The molecular formula is C26H24FN3O2S. The van der Waals surface area contributed by atoms with Crippen molar-refractivity contribution in [1.29, 1.82) is 0 Å². The number of thiazole rings is 1. The van der Waals surface area contributed by atoms with E-state index in [1.54, 1.807) is 18.3 Å². The Balaban J connectivity index is 1.39. The zero-order valence-corrected chi connectivity index (χ0v) is 19.1. The van der Waals surface area contributed by atoms with Crippen LogP contribution in [0.15, 0.2) is 65.2 Å². The molecule has 0 bridgehead atoms. The lowest BCUT2D eigenvalue weighted by Gasteiger charge is -2.35. The van der Waals surface area contributed by atoms with E-state index in [4.69, 9.17) is 4.42 Å². The molecule has 3 heterocycles. The first-order valence-electron chi connectivity index (χ1n) is 11.1. The molecule has 1 amide bonds. The van der Waals surface area contributed by atoms with Gasteiger partial charge in [0.2, 0.25) is 0 Å². The summed E-state index contributed by atoms with van der Waals surface area (Å²) in [5.41, 5.74) is 2.22. The Morgan fingerprint density at radius 3 is 2.70 bits per heavy atom. The second-order valence-corrected chi connectivity index (χ2v) is 9.46. The normalized spacial score (nSPS) is 16.2. The minimum Gasteiger partial charge on any atom is -0.441 e. The SMILES string of the molecule is Cc1nc(C(=O)N2CCCCC2Cc2ncc(-c3ccccc3)o2)c(-c2ccc(F)cc2)s1. The van der Waals surface area contributed by atoms with E-state index in [1.165, 1.54) is 23.5 Å². The number of carbonyl (C=O) groups is 1. The molecule has 0 saturated carbocycles. The van der Waals surface area contributed by atoms with Gasteiger partial charge in [-0.1, -0.05) is 42.5 Å². The van der Waals surface area contributed by atoms with Gasteiger partial charge in [-0.3, -0.25) is 4.79 Å². The van der Waals surface area contributed by atoms with Crippen LogP contribution in [0.25, 0.3) is 21.8 Å². The number of likely N-dealkylation sites (tertiary alicyclic amines) is 1. The lowest BCUT2D eigenvalue weighted by molar-refractivity contribution is 0.0601. The van der Waals surface area contributed by atoms with Crippen LogP contribution in [0.1, 0.15) is 40.6 Å². The molecular weight excluding hydrogens is 437 g/mol. The summed E-state index contributed by atoms with van der Waals surface area (Å²) in [4.78, 5) is 25.4. The molecule has 1 atom stereocenters. The zero-order valence-electron chi connectivity index (χ0n) is 18.3. The first-order chi connectivity index (χ1) is 16.1. The number of oxazole rings is 1. The summed E-state index contributed by atoms with van der Waals surface area (Å²) in [6.07, 6.45) is 5.22. The van der Waals surface area contributed by atoms with Crippen LogP contribution in [-0.4, -0.2) is 33.4 Å². The van der Waals surface area contributed by atoms with E-state index in [0.717, 1.165) is 46.0 Å². The number of hydrogen-bond acceptors (Lipinski definition) is 5. The molecule has 7 heteroatoms. The Morgan fingerprint density at radius 1 is 1.12 bits per heavy atom. The third kappa shape index (κ3) is 4.59. The number of aromatic nitrogens is 2. The third-order valence-corrected chi connectivity index (χ3v) is 6.97. The van der Waals surface area contributed by atoms with Gasteiger partial charge in [0.15, 0.2) is 11.7 Å². The molecule has 0 radical (unpaired) electrons. The lowest BCUT2D eigenvalue weighted by Crippen LogP contribution is -2.45. The monoisotopic (exact) mass is 461 g/mol. The number of hydrogen-bond donors (Lipinski definition) is 0. The Morgan fingerprint density at radius 2 is 1.91 bits per heavy atom. The fourth-order valence-electron chi connectivity index (χ4n) is 4.33. The fraction of sp³-hybridized carbons (Fsp3) is 0.269. The topological polar surface area (TPSA) is 59.2 Å². The van der Waals surface area contributed by atoms with E-state index >= 15 is 0 Å². The molecule has 1 fully saturated rings. The Hall–Kier alpha value is -3.32. The number of halogens is 1. The number of carbonyl (C=O) groups excluding carboxylic acids is 1. The third-order valence-electron chi connectivity index (χ3n) is 5.95. The van der Waals surface area contributed by atoms with Gasteiger partial charge in [0.05, 0.1) is 16.1 Å². The first kappa shape index (κ1) is 21.5. The summed E-state index contributed by atoms with van der Waals surface area (Å²) in [5, 5.41) is 0.812. The van der Waals surface area contributed by atoms with Crippen molar-refractivity contribution in [3.63, 3.8) is 0 Å². The zero-order chi connectivity index (χ0) is 22.8. The quantitative estimate of drug-likeness (QED) is 0.358. The molecule has 0 aliphatic carbocycles. The van der Waals surface area contributed by atoms with Gasteiger partial charge < -0.3 is 9.32 Å². The molecule has 4 aromatic rings. The van der Waals surface area contributed by atoms with E-state index in [0.29, 0.717) is 24.6 Å². The second-order valence-electron chi connectivity index (χ2n) is 8.25. The number of rotatable bonds is 5. The summed E-state index contributed by atoms with van der Waals surface area (Å²) in [6.45, 7) is 2.56. The Labute approximate surface area is 195 Å². The van der Waals surface area contributed by atoms with Crippen LogP contribution < -0.4 is 0 Å². The van der Waals surface area contributed by atoms with Crippen LogP contribution in [0.3, 0.4) is 0 Å². The van der Waals surface area contributed by atoms with Crippen molar-refractivity contribution in [2.24, 2.45) is 0 Å². The van der Waals surface area contributed by atoms with E-state index in [9.17, 15) is 9.18 Å². The van der Waals surface area contributed by atoms with E-state index in [1.807, 2.05) is 42.2 Å². The highest BCUT2D eigenvalue weighted by Crippen LogP contribution is 2.33. The van der Waals surface area contributed by atoms with Gasteiger partial charge in [0.1, 0.15) is 11.5 Å². The molecule has 168 valence electrons. The van der Waals surface area contributed by atoms with Crippen molar-refractivity contribution in [3.05, 3.63) is 83.2 Å². The number of nitrogens with zero attached hydrogens (tertiary/aromatic N) is 3. The van der Waals surface area contributed by atoms with E-state index < -0.39 is 0 Å². The first-order valence-corrected chi connectivity index (χ1v) is 11.9. The molecule has 1 saturated heterocycles. The van der Waals surface area contributed by atoms with Crippen LogP contribution in [0.2, 0.25) is 0 Å². The van der Waals surface area contributed by atoms with Crippen LogP contribution >= 0.6 is 11.3 Å². The molecule has 1 aliphatic rings. The van der Waals surface area contributed by atoms with Crippen LogP contribution in [0.5, 0.6) is 0 Å². The molecule has 1 aliphatic heterocycles. The molecule has 33 heavy (non-hydrogen) atoms. The minimum absolute atomic E-state index is 0.00315. The maximum Gasteiger partial charge on any atom is 0.274 e. The second kappa shape index (κ2) is 9.27. The summed E-state index contributed by atoms with van der Waals surface area (Å²) in [6, 6.07) is 16.1. The summed E-state index contributed by atoms with van der Waals surface area (Å²) in [7, 11) is 0. The average molecular weight is 462 g/mol. The maximum absolute atomic E-state index is 13.6. The average Bonchev–Trinajstić information content (AvgIpc) is 3.47. The van der Waals surface area contributed by atoms with Gasteiger partial charge in [-0.2, -0.15) is 0 Å². The highest BCUT2D eigenvalue weighted by Gasteiger charge is 2.32. The molecule has 0 spiro atoms. The summed E-state index contributed by atoms with van der Waals surface area (Å²) in [5.74, 6) is 0.975. The van der Waals surface area contributed by atoms with Crippen molar-refractivity contribution >= 4 is 17.2 Å². The molecule has 5 nitrogen and oxygen atoms in total. The smallest absolute Gasteiger partial charge is 0.274 e. The van der Waals surface area contributed by atoms with Gasteiger partial charge in [-0.15, -0.1) is 11.3 Å². The number of benzene rings is 2. The molecule has 1 unspecified atom stereocenters. The van der Waals surface area contributed by atoms with Crippen LogP contribution in [0, 0.1) is 12.7 Å². The van der Waals surface area contributed by atoms with Crippen molar-refractivity contribution < 1.29 is 13.6 Å². The van der Waals surface area contributed by atoms with Gasteiger partial charge in [-0.25, -0.2) is 14.4 Å². The fourth-order valence-corrected chi connectivity index (χ4v) is 5.24. The Kier molecular flexibility index (Phi) is 6.05. The van der Waals surface area contributed by atoms with E-state index in [-0.39, 0.29) is 17.8 Å². The lowest BCUT2D eigenvalue weighted by atomic mass is 9.98. The van der Waals surface area contributed by atoms with Crippen LogP contribution in [-0.2, 0) is 6.42 Å². The minimum atomic E-state index is -0.301. The predicted molar refractivity (Wildman–Crippen MR) is 127 cm³/mol. The number of aryl methyl sites for hydroxylation is 1. The molecule has 5 rings (SSSR count). The standard InChI is InChI=1S/C26H24FN3O2S/c1-17-29-24(25(33-17)19-10-12-20(27)13-11-19)26(31)30-14-6-5-9-21(30)15-23-28-16-22(32-23)18-7-3-2-4-8-18/h2-4,7-8,10-13,16,21H,5-6,9,14-15H2,1H3. The molecule has 0 N–H and O–H groups in total.